The number of likely N-dealkylation sites (tertiary alicyclic amines) is 1. The van der Waals surface area contributed by atoms with Crippen LogP contribution in [0.1, 0.15) is 66.4 Å². The van der Waals surface area contributed by atoms with E-state index in [2.05, 4.69) is 0 Å². The largest absolute Gasteiger partial charge is 0.338 e. The third kappa shape index (κ3) is 4.66. The summed E-state index contributed by atoms with van der Waals surface area (Å²) in [4.78, 5) is 32.0. The summed E-state index contributed by atoms with van der Waals surface area (Å²) >= 11 is 0. The van der Waals surface area contributed by atoms with Crippen LogP contribution in [0, 0.1) is 6.92 Å². The average Bonchev–Trinajstić information content (AvgIpc) is 3.13. The molecule has 1 saturated carbocycles. The van der Waals surface area contributed by atoms with Gasteiger partial charge in [-0.05, 0) is 61.6 Å². The molecule has 2 aromatic rings. The molecule has 4 rings (SSSR count). The minimum absolute atomic E-state index is 0.0749. The number of pyridine rings is 1. The normalized spacial score (nSPS) is 18.4. The van der Waals surface area contributed by atoms with E-state index in [0.29, 0.717) is 24.6 Å². The Labute approximate surface area is 172 Å². The van der Waals surface area contributed by atoms with Crippen LogP contribution in [0.4, 0.5) is 0 Å². The van der Waals surface area contributed by atoms with Gasteiger partial charge in [0.05, 0.1) is 6.04 Å². The van der Waals surface area contributed by atoms with Gasteiger partial charge in [-0.1, -0.05) is 31.4 Å². The summed E-state index contributed by atoms with van der Waals surface area (Å²) in [5.41, 5.74) is 3.46. The number of nitrogens with zero attached hydrogens (tertiary/aromatic N) is 3. The lowest BCUT2D eigenvalue weighted by Gasteiger charge is -2.18. The number of aromatic nitrogens is 1. The maximum atomic E-state index is 13.3. The summed E-state index contributed by atoms with van der Waals surface area (Å²) in [6, 6.07) is 11.9. The van der Waals surface area contributed by atoms with Gasteiger partial charge in [-0.2, -0.15) is 0 Å². The molecule has 0 bridgehead atoms. The Kier molecular flexibility index (Phi) is 5.93. The van der Waals surface area contributed by atoms with E-state index in [1.807, 2.05) is 54.4 Å². The lowest BCUT2D eigenvalue weighted by Crippen LogP contribution is -2.30. The molecule has 1 aliphatic carbocycles. The monoisotopic (exact) mass is 391 g/mol. The number of rotatable bonds is 4. The molecular weight excluding hydrogens is 362 g/mol. The van der Waals surface area contributed by atoms with Gasteiger partial charge in [-0.3, -0.25) is 19.1 Å². The maximum absolute atomic E-state index is 13.3. The van der Waals surface area contributed by atoms with E-state index in [0.717, 1.165) is 42.4 Å². The van der Waals surface area contributed by atoms with E-state index >= 15 is 0 Å². The number of carbonyl (C=O) groups excluding carboxylic acids is 2. The van der Waals surface area contributed by atoms with Crippen LogP contribution in [0.15, 0.2) is 47.6 Å². The zero-order chi connectivity index (χ0) is 20.2. The second kappa shape index (κ2) is 8.76. The Hall–Kier alpha value is -2.69. The predicted octanol–water partition coefficient (Wildman–Crippen LogP) is 3.84. The van der Waals surface area contributed by atoms with E-state index in [1.54, 1.807) is 4.57 Å². The molecule has 0 unspecified atom stereocenters. The number of hydrogen-bond acceptors (Lipinski definition) is 3. The average molecular weight is 392 g/mol. The summed E-state index contributed by atoms with van der Waals surface area (Å²) < 4.78 is 1.67. The number of carbonyl (C=O) groups is 2. The first-order chi connectivity index (χ1) is 14.1. The molecule has 2 heterocycles. The van der Waals surface area contributed by atoms with Crippen LogP contribution >= 0.6 is 0 Å². The molecule has 2 aliphatic rings. The first-order valence-electron chi connectivity index (χ1n) is 10.7. The Morgan fingerprint density at radius 1 is 1.10 bits per heavy atom. The van der Waals surface area contributed by atoms with Crippen LogP contribution < -0.4 is 5.49 Å². The first kappa shape index (κ1) is 19.6. The molecular formula is C24H29N3O2. The first-order valence-corrected chi connectivity index (χ1v) is 10.7. The molecule has 1 amide bonds. The molecule has 5 nitrogen and oxygen atoms in total. The van der Waals surface area contributed by atoms with Crippen LogP contribution in [-0.4, -0.2) is 33.9 Å². The standard InChI is InChI=1S/C24H29N3O2/c1-18-12-14-27(22(15-18)25-21-9-3-2-4-10-21)24(29)20-8-5-7-19(16-20)17-26-13-6-11-23(26)28/h5,7-8,12,14-16,21H,2-4,6,9-11,13,17H2,1H3. The number of amides is 1. The zero-order valence-electron chi connectivity index (χ0n) is 17.1. The van der Waals surface area contributed by atoms with Crippen LogP contribution in [0.2, 0.25) is 0 Å². The molecule has 1 aromatic heterocycles. The van der Waals surface area contributed by atoms with Crippen molar-refractivity contribution in [2.45, 2.75) is 64.5 Å². The smallest absolute Gasteiger partial charge is 0.263 e. The maximum Gasteiger partial charge on any atom is 0.263 e. The molecule has 0 spiro atoms. The van der Waals surface area contributed by atoms with E-state index in [9.17, 15) is 9.59 Å². The summed E-state index contributed by atoms with van der Waals surface area (Å²) in [5, 5.41) is 0. The molecule has 0 atom stereocenters. The Bertz CT molecular complexity index is 970. The second-order valence-corrected chi connectivity index (χ2v) is 8.28. The molecule has 0 N–H and O–H groups in total. The third-order valence-corrected chi connectivity index (χ3v) is 5.92. The van der Waals surface area contributed by atoms with Gasteiger partial charge >= 0.3 is 0 Å². The van der Waals surface area contributed by atoms with Crippen LogP contribution in [0.5, 0.6) is 0 Å². The van der Waals surface area contributed by atoms with E-state index in [-0.39, 0.29) is 11.8 Å². The van der Waals surface area contributed by atoms with Gasteiger partial charge in [0.1, 0.15) is 5.49 Å². The zero-order valence-corrected chi connectivity index (χ0v) is 17.1. The van der Waals surface area contributed by atoms with Crippen molar-refractivity contribution in [2.24, 2.45) is 4.99 Å². The van der Waals surface area contributed by atoms with Gasteiger partial charge < -0.3 is 4.90 Å². The third-order valence-electron chi connectivity index (χ3n) is 5.92. The molecule has 29 heavy (non-hydrogen) atoms. The van der Waals surface area contributed by atoms with E-state index in [4.69, 9.17) is 4.99 Å². The van der Waals surface area contributed by atoms with Crippen LogP contribution in [0.3, 0.4) is 0 Å². The lowest BCUT2D eigenvalue weighted by molar-refractivity contribution is -0.128. The molecule has 152 valence electrons. The fourth-order valence-electron chi connectivity index (χ4n) is 4.29. The summed E-state index contributed by atoms with van der Waals surface area (Å²) in [6.07, 6.45) is 9.28. The van der Waals surface area contributed by atoms with Gasteiger partial charge in [0.2, 0.25) is 5.91 Å². The summed E-state index contributed by atoms with van der Waals surface area (Å²) in [7, 11) is 0. The quantitative estimate of drug-likeness (QED) is 0.795. The van der Waals surface area contributed by atoms with Crippen molar-refractivity contribution in [3.8, 4) is 0 Å². The van der Waals surface area contributed by atoms with Crippen molar-refractivity contribution in [1.29, 1.82) is 0 Å². The fraction of sp³-hybridized carbons (Fsp3) is 0.458. The lowest BCUT2D eigenvalue weighted by atomic mass is 9.96. The molecule has 1 saturated heterocycles. The predicted molar refractivity (Wildman–Crippen MR) is 112 cm³/mol. The highest BCUT2D eigenvalue weighted by molar-refractivity contribution is 5.96. The minimum atomic E-state index is -0.0749. The van der Waals surface area contributed by atoms with Crippen molar-refractivity contribution >= 4 is 11.8 Å². The molecule has 1 aliphatic heterocycles. The van der Waals surface area contributed by atoms with Gasteiger partial charge in [-0.15, -0.1) is 0 Å². The van der Waals surface area contributed by atoms with Crippen molar-refractivity contribution in [1.82, 2.24) is 9.47 Å². The summed E-state index contributed by atoms with van der Waals surface area (Å²) in [6.45, 7) is 3.40. The highest BCUT2D eigenvalue weighted by atomic mass is 16.2. The van der Waals surface area contributed by atoms with Gasteiger partial charge in [0.25, 0.3) is 5.91 Å². The number of benzene rings is 1. The topological polar surface area (TPSA) is 54.7 Å². The molecule has 5 heteroatoms. The van der Waals surface area contributed by atoms with E-state index < -0.39 is 0 Å². The van der Waals surface area contributed by atoms with Crippen molar-refractivity contribution in [3.05, 3.63) is 64.8 Å². The van der Waals surface area contributed by atoms with Crippen molar-refractivity contribution in [2.75, 3.05) is 6.54 Å². The van der Waals surface area contributed by atoms with Crippen molar-refractivity contribution in [3.63, 3.8) is 0 Å². The van der Waals surface area contributed by atoms with Crippen LogP contribution in [-0.2, 0) is 11.3 Å². The second-order valence-electron chi connectivity index (χ2n) is 8.28. The fourth-order valence-corrected chi connectivity index (χ4v) is 4.29. The SMILES string of the molecule is Cc1ccn(C(=O)c2cccc(CN3CCCC3=O)c2)c(=NC2CCCCC2)c1. The van der Waals surface area contributed by atoms with E-state index in [1.165, 1.54) is 19.3 Å². The Morgan fingerprint density at radius 3 is 2.69 bits per heavy atom. The van der Waals surface area contributed by atoms with Gasteiger partial charge in [0.15, 0.2) is 0 Å². The Morgan fingerprint density at radius 2 is 1.93 bits per heavy atom. The summed E-state index contributed by atoms with van der Waals surface area (Å²) in [5.74, 6) is 0.123. The highest BCUT2D eigenvalue weighted by Gasteiger charge is 2.20. The number of aryl methyl sites for hydroxylation is 1. The van der Waals surface area contributed by atoms with Crippen molar-refractivity contribution < 1.29 is 9.59 Å². The Balaban J connectivity index is 1.62. The van der Waals surface area contributed by atoms with Gasteiger partial charge in [-0.25, -0.2) is 0 Å². The molecule has 2 fully saturated rings. The highest BCUT2D eigenvalue weighted by Crippen LogP contribution is 2.20. The minimum Gasteiger partial charge on any atom is -0.338 e. The van der Waals surface area contributed by atoms with Gasteiger partial charge in [0, 0.05) is 31.3 Å². The number of hydrogen-bond donors (Lipinski definition) is 0. The van der Waals surface area contributed by atoms with Crippen LogP contribution in [0.25, 0.3) is 0 Å². The molecule has 0 radical (unpaired) electrons. The molecule has 1 aromatic carbocycles.